The Morgan fingerprint density at radius 3 is 2.95 bits per heavy atom. The van der Waals surface area contributed by atoms with E-state index in [9.17, 15) is 13.9 Å². The van der Waals surface area contributed by atoms with E-state index in [4.69, 9.17) is 4.74 Å². The number of piperidine rings is 1. The molecule has 1 saturated heterocycles. The van der Waals surface area contributed by atoms with E-state index in [1.807, 2.05) is 6.92 Å². The van der Waals surface area contributed by atoms with Gasteiger partial charge in [-0.2, -0.15) is 0 Å². The molecule has 1 heterocycles. The highest BCUT2D eigenvalue weighted by atomic mass is 19.1. The summed E-state index contributed by atoms with van der Waals surface area (Å²) in [6.45, 7) is 4.15. The molecule has 1 aliphatic rings. The van der Waals surface area contributed by atoms with Crippen molar-refractivity contribution < 1.29 is 18.6 Å². The van der Waals surface area contributed by atoms with E-state index in [0.717, 1.165) is 37.6 Å². The van der Waals surface area contributed by atoms with Crippen LogP contribution in [0.4, 0.5) is 8.78 Å². The maximum absolute atomic E-state index is 13.3. The van der Waals surface area contributed by atoms with Crippen molar-refractivity contribution in [3.8, 4) is 5.75 Å². The van der Waals surface area contributed by atoms with Crippen LogP contribution in [0.5, 0.6) is 5.75 Å². The van der Waals surface area contributed by atoms with Crippen molar-refractivity contribution in [2.45, 2.75) is 25.4 Å². The zero-order chi connectivity index (χ0) is 13.9. The highest BCUT2D eigenvalue weighted by Gasteiger charge is 2.27. The molecule has 1 atom stereocenters. The molecule has 1 aromatic carbocycles. The normalized spacial score (nSPS) is 24.4. The largest absolute Gasteiger partial charge is 0.489 e. The van der Waals surface area contributed by atoms with Crippen LogP contribution in [0.15, 0.2) is 18.2 Å². The molecule has 2 rings (SSSR count). The predicted octanol–water partition coefficient (Wildman–Crippen LogP) is 2.19. The number of nitrogens with zero attached hydrogens (tertiary/aromatic N) is 1. The van der Waals surface area contributed by atoms with Gasteiger partial charge in [-0.1, -0.05) is 0 Å². The first kappa shape index (κ1) is 14.2. The number of aliphatic hydroxyl groups is 1. The van der Waals surface area contributed by atoms with Gasteiger partial charge >= 0.3 is 0 Å². The molecule has 19 heavy (non-hydrogen) atoms. The maximum atomic E-state index is 13.3. The molecule has 1 aromatic rings. The molecule has 0 radical (unpaired) electrons. The van der Waals surface area contributed by atoms with Crippen LogP contribution in [0.25, 0.3) is 0 Å². The van der Waals surface area contributed by atoms with Crippen molar-refractivity contribution >= 4 is 0 Å². The Morgan fingerprint density at radius 1 is 1.42 bits per heavy atom. The standard InChI is InChI=1S/C14H19F2NO2/c1-14(18)5-2-6-17(10-14)7-8-19-13-9-11(15)3-4-12(13)16/h3-4,9,18H,2,5-8,10H2,1H3. The zero-order valence-corrected chi connectivity index (χ0v) is 11.0. The van der Waals surface area contributed by atoms with E-state index in [2.05, 4.69) is 4.90 Å². The van der Waals surface area contributed by atoms with Gasteiger partial charge < -0.3 is 9.84 Å². The van der Waals surface area contributed by atoms with Crippen molar-refractivity contribution in [2.24, 2.45) is 0 Å². The van der Waals surface area contributed by atoms with E-state index < -0.39 is 17.2 Å². The van der Waals surface area contributed by atoms with Crippen LogP contribution in [0.1, 0.15) is 19.8 Å². The van der Waals surface area contributed by atoms with Crippen LogP contribution in [-0.2, 0) is 0 Å². The van der Waals surface area contributed by atoms with Gasteiger partial charge in [0.2, 0.25) is 0 Å². The summed E-state index contributed by atoms with van der Waals surface area (Å²) in [5.74, 6) is -1.15. The lowest BCUT2D eigenvalue weighted by atomic mass is 9.95. The predicted molar refractivity (Wildman–Crippen MR) is 68.2 cm³/mol. The first-order valence-electron chi connectivity index (χ1n) is 6.49. The summed E-state index contributed by atoms with van der Waals surface area (Å²) in [6, 6.07) is 3.15. The minimum absolute atomic E-state index is 0.0660. The molecule has 0 saturated carbocycles. The smallest absolute Gasteiger partial charge is 0.165 e. The molecule has 1 fully saturated rings. The lowest BCUT2D eigenvalue weighted by molar-refractivity contribution is -0.0184. The fraction of sp³-hybridized carbons (Fsp3) is 0.571. The number of hydrogen-bond donors (Lipinski definition) is 1. The Kier molecular flexibility index (Phi) is 4.37. The second-order valence-electron chi connectivity index (χ2n) is 5.30. The van der Waals surface area contributed by atoms with Crippen LogP contribution in [-0.4, -0.2) is 41.8 Å². The fourth-order valence-electron chi connectivity index (χ4n) is 2.39. The van der Waals surface area contributed by atoms with Gasteiger partial charge in [0.1, 0.15) is 12.4 Å². The SMILES string of the molecule is CC1(O)CCCN(CCOc2cc(F)ccc2F)C1. The van der Waals surface area contributed by atoms with E-state index in [-0.39, 0.29) is 12.4 Å². The molecule has 0 aliphatic carbocycles. The van der Waals surface area contributed by atoms with Crippen molar-refractivity contribution in [3.05, 3.63) is 29.8 Å². The zero-order valence-electron chi connectivity index (χ0n) is 11.0. The molecular formula is C14H19F2NO2. The Balaban J connectivity index is 1.81. The minimum Gasteiger partial charge on any atom is -0.489 e. The number of halogens is 2. The number of hydrogen-bond acceptors (Lipinski definition) is 3. The minimum atomic E-state index is -0.664. The topological polar surface area (TPSA) is 32.7 Å². The first-order valence-corrected chi connectivity index (χ1v) is 6.49. The third kappa shape index (κ3) is 4.14. The third-order valence-corrected chi connectivity index (χ3v) is 3.31. The quantitative estimate of drug-likeness (QED) is 0.911. The number of rotatable bonds is 4. The molecule has 106 valence electrons. The molecule has 0 spiro atoms. The molecule has 1 unspecified atom stereocenters. The molecule has 5 heteroatoms. The lowest BCUT2D eigenvalue weighted by Crippen LogP contribution is -2.47. The molecule has 3 nitrogen and oxygen atoms in total. The highest BCUT2D eigenvalue weighted by molar-refractivity contribution is 5.24. The number of β-amino-alcohol motifs (C(OH)–C–C–N with tert-alkyl or cyclic N) is 1. The van der Waals surface area contributed by atoms with Crippen LogP contribution in [0, 0.1) is 11.6 Å². The highest BCUT2D eigenvalue weighted by Crippen LogP contribution is 2.21. The summed E-state index contributed by atoms with van der Waals surface area (Å²) in [6.07, 6.45) is 1.73. The van der Waals surface area contributed by atoms with Gasteiger partial charge in [-0.05, 0) is 38.4 Å². The summed E-state index contributed by atoms with van der Waals surface area (Å²) in [5, 5.41) is 9.95. The van der Waals surface area contributed by atoms with Crippen LogP contribution in [0.3, 0.4) is 0 Å². The summed E-state index contributed by atoms with van der Waals surface area (Å²) in [7, 11) is 0. The van der Waals surface area contributed by atoms with Crippen molar-refractivity contribution in [3.63, 3.8) is 0 Å². The molecule has 0 amide bonds. The van der Waals surface area contributed by atoms with Crippen molar-refractivity contribution in [2.75, 3.05) is 26.2 Å². The number of likely N-dealkylation sites (tertiary alicyclic amines) is 1. The molecular weight excluding hydrogens is 252 g/mol. The fourth-order valence-corrected chi connectivity index (χ4v) is 2.39. The van der Waals surface area contributed by atoms with Crippen LogP contribution in [0.2, 0.25) is 0 Å². The van der Waals surface area contributed by atoms with Gasteiger partial charge in [0, 0.05) is 19.2 Å². The average Bonchev–Trinajstić information content (AvgIpc) is 2.32. The van der Waals surface area contributed by atoms with Crippen molar-refractivity contribution in [1.82, 2.24) is 4.90 Å². The van der Waals surface area contributed by atoms with Crippen molar-refractivity contribution in [1.29, 1.82) is 0 Å². The van der Waals surface area contributed by atoms with Gasteiger partial charge in [-0.3, -0.25) is 4.90 Å². The molecule has 1 aliphatic heterocycles. The molecule has 0 aromatic heterocycles. The average molecular weight is 271 g/mol. The summed E-state index contributed by atoms with van der Waals surface area (Å²) in [4.78, 5) is 2.07. The van der Waals surface area contributed by atoms with E-state index >= 15 is 0 Å². The Bertz CT molecular complexity index is 437. The summed E-state index contributed by atoms with van der Waals surface area (Å²) >= 11 is 0. The second-order valence-corrected chi connectivity index (χ2v) is 5.30. The van der Waals surface area contributed by atoms with Gasteiger partial charge in [0.15, 0.2) is 11.6 Å². The first-order chi connectivity index (χ1) is 8.96. The monoisotopic (exact) mass is 271 g/mol. The van der Waals surface area contributed by atoms with Gasteiger partial charge in [-0.15, -0.1) is 0 Å². The number of benzene rings is 1. The molecule has 0 bridgehead atoms. The third-order valence-electron chi connectivity index (χ3n) is 3.31. The second kappa shape index (κ2) is 5.84. The molecule has 1 N–H and O–H groups in total. The van der Waals surface area contributed by atoms with Gasteiger partial charge in [0.25, 0.3) is 0 Å². The van der Waals surface area contributed by atoms with Gasteiger partial charge in [0.05, 0.1) is 5.60 Å². The van der Waals surface area contributed by atoms with E-state index in [0.29, 0.717) is 13.1 Å². The Hall–Kier alpha value is -1.20. The van der Waals surface area contributed by atoms with Gasteiger partial charge in [-0.25, -0.2) is 8.78 Å². The van der Waals surface area contributed by atoms with Crippen LogP contribution < -0.4 is 4.74 Å². The Labute approximate surface area is 111 Å². The lowest BCUT2D eigenvalue weighted by Gasteiger charge is -2.36. The summed E-state index contributed by atoms with van der Waals surface area (Å²) < 4.78 is 31.5. The van der Waals surface area contributed by atoms with E-state index in [1.165, 1.54) is 0 Å². The maximum Gasteiger partial charge on any atom is 0.165 e. The summed E-state index contributed by atoms with van der Waals surface area (Å²) in [5.41, 5.74) is -0.664. The van der Waals surface area contributed by atoms with E-state index in [1.54, 1.807) is 0 Å². The Morgan fingerprint density at radius 2 is 2.21 bits per heavy atom. The van der Waals surface area contributed by atoms with Crippen LogP contribution >= 0.6 is 0 Å². The number of ether oxygens (including phenoxy) is 1.